The third-order valence-corrected chi connectivity index (χ3v) is 6.54. The van der Waals surface area contributed by atoms with E-state index in [2.05, 4.69) is 5.32 Å². The summed E-state index contributed by atoms with van der Waals surface area (Å²) >= 11 is 0. The van der Waals surface area contributed by atoms with Crippen molar-refractivity contribution in [2.45, 2.75) is 52.2 Å². The molecule has 0 aliphatic carbocycles. The third kappa shape index (κ3) is 5.88. The van der Waals surface area contributed by atoms with Crippen LogP contribution in [0.3, 0.4) is 0 Å². The Morgan fingerprint density at radius 3 is 2.28 bits per heavy atom. The number of rotatable bonds is 8. The molecule has 1 heterocycles. The van der Waals surface area contributed by atoms with Gasteiger partial charge >= 0.3 is 0 Å². The van der Waals surface area contributed by atoms with Crippen LogP contribution < -0.4 is 14.8 Å². The van der Waals surface area contributed by atoms with Crippen LogP contribution in [0.4, 0.5) is 0 Å². The highest BCUT2D eigenvalue weighted by Crippen LogP contribution is 2.33. The first-order valence-corrected chi connectivity index (χ1v) is 12.4. The van der Waals surface area contributed by atoms with E-state index in [0.717, 1.165) is 23.1 Å². The second kappa shape index (κ2) is 10.9. The minimum atomic E-state index is -0.822. The molecule has 0 spiro atoms. The van der Waals surface area contributed by atoms with Gasteiger partial charge in [0.1, 0.15) is 19.3 Å². The highest BCUT2D eigenvalue weighted by atomic mass is 16.6. The Kier molecular flexibility index (Phi) is 7.63. The fraction of sp³-hybridized carbons (Fsp3) is 0.333. The summed E-state index contributed by atoms with van der Waals surface area (Å²) in [5, 5.41) is 3.16. The lowest BCUT2D eigenvalue weighted by Gasteiger charge is -2.35. The maximum absolute atomic E-state index is 14.1. The number of hydrogen-bond acceptors (Lipinski definition) is 4. The number of carbonyl (C=O) groups excluding carboxylic acids is 2. The molecule has 1 aliphatic rings. The number of hydrogen-bond donors (Lipinski definition) is 1. The Bertz CT molecular complexity index is 1210. The molecule has 0 saturated heterocycles. The van der Waals surface area contributed by atoms with E-state index in [0.29, 0.717) is 30.3 Å². The molecule has 36 heavy (non-hydrogen) atoms. The number of benzene rings is 3. The van der Waals surface area contributed by atoms with Crippen LogP contribution in [0.5, 0.6) is 11.5 Å². The Labute approximate surface area is 213 Å². The summed E-state index contributed by atoms with van der Waals surface area (Å²) in [6.07, 6.45) is 0.758. The molecule has 0 radical (unpaired) electrons. The minimum Gasteiger partial charge on any atom is -0.486 e. The van der Waals surface area contributed by atoms with Gasteiger partial charge in [0.05, 0.1) is 0 Å². The minimum absolute atomic E-state index is 0.215. The van der Waals surface area contributed by atoms with Crippen LogP contribution in [0.1, 0.15) is 60.3 Å². The van der Waals surface area contributed by atoms with Crippen molar-refractivity contribution >= 4 is 11.8 Å². The smallest absolute Gasteiger partial charge is 0.255 e. The molecule has 188 valence electrons. The standard InChI is InChI=1S/C30H34N2O4/c1-5-30(3,4)31-28(33)27(23-13-11-21(2)12-14-23)32(20-22-9-7-6-8-10-22)29(34)24-15-16-25-26(19-24)36-18-17-35-25/h6-16,19,27H,5,17-18,20H2,1-4H3,(H,31,33)/t27-/m1/s1. The van der Waals surface area contributed by atoms with Gasteiger partial charge in [-0.05, 0) is 56.5 Å². The maximum Gasteiger partial charge on any atom is 0.255 e. The van der Waals surface area contributed by atoms with Crippen molar-refractivity contribution in [1.29, 1.82) is 0 Å². The molecule has 1 atom stereocenters. The Morgan fingerprint density at radius 2 is 1.61 bits per heavy atom. The van der Waals surface area contributed by atoms with Gasteiger partial charge in [0.25, 0.3) is 5.91 Å². The number of carbonyl (C=O) groups is 2. The van der Waals surface area contributed by atoms with Gasteiger partial charge in [-0.15, -0.1) is 0 Å². The summed E-state index contributed by atoms with van der Waals surface area (Å²) < 4.78 is 11.4. The van der Waals surface area contributed by atoms with Gasteiger partial charge < -0.3 is 19.7 Å². The summed E-state index contributed by atoms with van der Waals surface area (Å²) in [5.74, 6) is 0.679. The number of nitrogens with one attached hydrogen (secondary N) is 1. The Morgan fingerprint density at radius 1 is 0.944 bits per heavy atom. The lowest BCUT2D eigenvalue weighted by Crippen LogP contribution is -2.50. The molecule has 0 aromatic heterocycles. The molecule has 6 nitrogen and oxygen atoms in total. The molecule has 0 saturated carbocycles. The number of fused-ring (bicyclic) bond motifs is 1. The summed E-state index contributed by atoms with van der Waals surface area (Å²) in [6, 6.07) is 21.9. The molecule has 4 rings (SSSR count). The van der Waals surface area contributed by atoms with Gasteiger partial charge in [0.2, 0.25) is 5.91 Å². The molecule has 1 aliphatic heterocycles. The predicted molar refractivity (Wildman–Crippen MR) is 140 cm³/mol. The SMILES string of the molecule is CCC(C)(C)NC(=O)[C@@H](c1ccc(C)cc1)N(Cc1ccccc1)C(=O)c1ccc2c(c1)OCCO2. The van der Waals surface area contributed by atoms with Crippen molar-refractivity contribution in [3.8, 4) is 11.5 Å². The van der Waals surface area contributed by atoms with Crippen molar-refractivity contribution < 1.29 is 19.1 Å². The predicted octanol–water partition coefficient (Wildman–Crippen LogP) is 5.45. The lowest BCUT2D eigenvalue weighted by molar-refractivity contribution is -0.127. The van der Waals surface area contributed by atoms with Gasteiger partial charge in [-0.2, -0.15) is 0 Å². The molecule has 6 heteroatoms. The third-order valence-electron chi connectivity index (χ3n) is 6.54. The van der Waals surface area contributed by atoms with Crippen LogP contribution in [-0.2, 0) is 11.3 Å². The first kappa shape index (κ1) is 25.3. The Hall–Kier alpha value is -3.80. The van der Waals surface area contributed by atoms with E-state index < -0.39 is 11.6 Å². The number of aryl methyl sites for hydroxylation is 1. The van der Waals surface area contributed by atoms with Gasteiger partial charge in [-0.25, -0.2) is 0 Å². The second-order valence-electron chi connectivity index (χ2n) is 9.82. The van der Waals surface area contributed by atoms with E-state index in [4.69, 9.17) is 9.47 Å². The molecular weight excluding hydrogens is 452 g/mol. The molecular formula is C30H34N2O4. The van der Waals surface area contributed by atoms with Crippen LogP contribution >= 0.6 is 0 Å². The average Bonchev–Trinajstić information content (AvgIpc) is 2.89. The zero-order valence-corrected chi connectivity index (χ0v) is 21.4. The summed E-state index contributed by atoms with van der Waals surface area (Å²) in [5.41, 5.74) is 2.79. The average molecular weight is 487 g/mol. The highest BCUT2D eigenvalue weighted by molar-refractivity contribution is 5.98. The van der Waals surface area contributed by atoms with E-state index in [9.17, 15) is 9.59 Å². The van der Waals surface area contributed by atoms with Crippen LogP contribution in [0, 0.1) is 6.92 Å². The van der Waals surface area contributed by atoms with E-state index in [1.807, 2.05) is 82.3 Å². The van der Waals surface area contributed by atoms with Gasteiger partial charge in [-0.3, -0.25) is 9.59 Å². The first-order chi connectivity index (χ1) is 17.3. The Balaban J connectivity index is 1.79. The molecule has 0 bridgehead atoms. The van der Waals surface area contributed by atoms with Gasteiger partial charge in [0.15, 0.2) is 11.5 Å². The molecule has 3 aromatic carbocycles. The summed E-state index contributed by atoms with van der Waals surface area (Å²) in [4.78, 5) is 29.6. The van der Waals surface area contributed by atoms with Crippen molar-refractivity contribution in [3.63, 3.8) is 0 Å². The van der Waals surface area contributed by atoms with E-state index in [-0.39, 0.29) is 18.4 Å². The van der Waals surface area contributed by atoms with Crippen LogP contribution in [0.15, 0.2) is 72.8 Å². The van der Waals surface area contributed by atoms with Crippen LogP contribution in [0.25, 0.3) is 0 Å². The second-order valence-corrected chi connectivity index (χ2v) is 9.82. The first-order valence-electron chi connectivity index (χ1n) is 12.4. The largest absolute Gasteiger partial charge is 0.486 e. The monoisotopic (exact) mass is 486 g/mol. The quantitative estimate of drug-likeness (QED) is 0.459. The molecule has 0 fully saturated rings. The zero-order valence-electron chi connectivity index (χ0n) is 21.4. The summed E-state index contributed by atoms with van der Waals surface area (Å²) in [7, 11) is 0. The number of ether oxygens (including phenoxy) is 2. The zero-order chi connectivity index (χ0) is 25.7. The van der Waals surface area contributed by atoms with Crippen molar-refractivity contribution in [2.75, 3.05) is 13.2 Å². The lowest BCUT2D eigenvalue weighted by atomic mass is 9.97. The van der Waals surface area contributed by atoms with Gasteiger partial charge in [0, 0.05) is 17.6 Å². The van der Waals surface area contributed by atoms with Crippen LogP contribution in [0.2, 0.25) is 0 Å². The van der Waals surface area contributed by atoms with Gasteiger partial charge in [-0.1, -0.05) is 67.1 Å². The van der Waals surface area contributed by atoms with E-state index >= 15 is 0 Å². The summed E-state index contributed by atoms with van der Waals surface area (Å²) in [6.45, 7) is 9.18. The van der Waals surface area contributed by atoms with Crippen LogP contribution in [-0.4, -0.2) is 35.5 Å². The molecule has 1 N–H and O–H groups in total. The van der Waals surface area contributed by atoms with E-state index in [1.165, 1.54) is 0 Å². The molecule has 2 amide bonds. The normalized spacial score (nSPS) is 13.6. The fourth-order valence-electron chi connectivity index (χ4n) is 4.11. The molecule has 3 aromatic rings. The topological polar surface area (TPSA) is 67.9 Å². The molecule has 0 unspecified atom stereocenters. The number of nitrogens with zero attached hydrogens (tertiary/aromatic N) is 1. The fourth-order valence-corrected chi connectivity index (χ4v) is 4.11. The van der Waals surface area contributed by atoms with Crippen molar-refractivity contribution in [2.24, 2.45) is 0 Å². The maximum atomic E-state index is 14.1. The van der Waals surface area contributed by atoms with E-state index in [1.54, 1.807) is 23.1 Å². The number of amides is 2. The van der Waals surface area contributed by atoms with Crippen molar-refractivity contribution in [3.05, 3.63) is 95.1 Å². The van der Waals surface area contributed by atoms with Crippen molar-refractivity contribution in [1.82, 2.24) is 10.2 Å². The highest BCUT2D eigenvalue weighted by Gasteiger charge is 2.35.